The quantitative estimate of drug-likeness (QED) is 0.158. The highest BCUT2D eigenvalue weighted by Crippen LogP contribution is 2.41. The van der Waals surface area contributed by atoms with Crippen LogP contribution in [0.15, 0.2) is 170 Å². The summed E-state index contributed by atoms with van der Waals surface area (Å²) in [4.78, 5) is 15.3. The number of nitrogens with zero attached hydrogens (tertiary/aromatic N) is 4. The smallest absolute Gasteiger partial charge is 0.164 e. The topological polar surface area (TPSA) is 43.6 Å². The number of benzene rings is 6. The molecule has 51 heavy (non-hydrogen) atoms. The van der Waals surface area contributed by atoms with Crippen LogP contribution in [0.5, 0.6) is 0 Å². The average molecular weight is 673 g/mol. The normalized spacial score (nSPS) is 11.9. The van der Waals surface area contributed by atoms with Crippen molar-refractivity contribution in [1.82, 2.24) is 19.5 Å². The number of allylic oxidation sites excluding steroid dienone is 5. The molecular weight excluding hydrogens is 641 g/mol. The molecule has 0 spiro atoms. The van der Waals surface area contributed by atoms with E-state index >= 15 is 0 Å². The number of fused-ring (bicyclic) bond motifs is 6. The minimum absolute atomic E-state index is 0.615. The highest BCUT2D eigenvalue weighted by atomic mass is 32.1. The van der Waals surface area contributed by atoms with Gasteiger partial charge >= 0.3 is 0 Å². The minimum atomic E-state index is 0.615. The van der Waals surface area contributed by atoms with Gasteiger partial charge < -0.3 is 4.57 Å². The average Bonchev–Trinajstić information content (AvgIpc) is 3.74. The molecule has 0 atom stereocenters. The molecule has 9 rings (SSSR count). The van der Waals surface area contributed by atoms with Crippen molar-refractivity contribution >= 4 is 59.0 Å². The zero-order valence-electron chi connectivity index (χ0n) is 28.0. The molecule has 4 nitrogen and oxygen atoms in total. The number of thiophene rings is 1. The van der Waals surface area contributed by atoms with Crippen LogP contribution in [-0.2, 0) is 0 Å². The Morgan fingerprint density at radius 3 is 2.00 bits per heavy atom. The molecule has 0 amide bonds. The third kappa shape index (κ3) is 5.45. The fraction of sp³-hybridized carbons (Fsp3) is 0.0217. The van der Waals surface area contributed by atoms with Gasteiger partial charge in [-0.15, -0.1) is 11.3 Å². The van der Waals surface area contributed by atoms with Crippen LogP contribution in [0.3, 0.4) is 0 Å². The van der Waals surface area contributed by atoms with Crippen LogP contribution in [0.1, 0.15) is 6.92 Å². The van der Waals surface area contributed by atoms with Crippen LogP contribution in [-0.4, -0.2) is 19.5 Å². The van der Waals surface area contributed by atoms with Crippen molar-refractivity contribution in [2.24, 2.45) is 0 Å². The molecule has 0 bridgehead atoms. The zero-order valence-corrected chi connectivity index (χ0v) is 28.8. The Morgan fingerprint density at radius 2 is 1.18 bits per heavy atom. The fourth-order valence-electron chi connectivity index (χ4n) is 6.92. The molecule has 0 saturated carbocycles. The molecule has 3 heterocycles. The van der Waals surface area contributed by atoms with E-state index in [2.05, 4.69) is 120 Å². The van der Waals surface area contributed by atoms with Gasteiger partial charge in [-0.1, -0.05) is 140 Å². The number of rotatable bonds is 7. The summed E-state index contributed by atoms with van der Waals surface area (Å²) >= 11 is 1.84. The first-order chi connectivity index (χ1) is 25.2. The Bertz CT molecular complexity index is 2840. The van der Waals surface area contributed by atoms with Crippen molar-refractivity contribution in [1.29, 1.82) is 0 Å². The lowest BCUT2D eigenvalue weighted by molar-refractivity contribution is 1.07. The van der Waals surface area contributed by atoms with E-state index in [1.165, 1.54) is 31.1 Å². The number of para-hydroxylation sites is 1. The van der Waals surface area contributed by atoms with E-state index in [0.717, 1.165) is 44.4 Å². The van der Waals surface area contributed by atoms with Crippen molar-refractivity contribution in [3.8, 4) is 45.3 Å². The third-order valence-electron chi connectivity index (χ3n) is 9.31. The molecule has 0 N–H and O–H groups in total. The summed E-state index contributed by atoms with van der Waals surface area (Å²) in [6, 6.07) is 48.8. The maximum Gasteiger partial charge on any atom is 0.164 e. The van der Waals surface area contributed by atoms with Gasteiger partial charge in [-0.05, 0) is 48.4 Å². The van der Waals surface area contributed by atoms with Gasteiger partial charge in [-0.3, -0.25) is 0 Å². The molecule has 0 saturated heterocycles. The van der Waals surface area contributed by atoms with Gasteiger partial charge in [0, 0.05) is 53.3 Å². The van der Waals surface area contributed by atoms with Crippen LogP contribution in [0, 0.1) is 0 Å². The van der Waals surface area contributed by atoms with Crippen molar-refractivity contribution in [2.75, 3.05) is 0 Å². The van der Waals surface area contributed by atoms with E-state index in [4.69, 9.17) is 15.0 Å². The van der Waals surface area contributed by atoms with Crippen LogP contribution in [0.4, 0.5) is 0 Å². The predicted molar refractivity (Wildman–Crippen MR) is 217 cm³/mol. The van der Waals surface area contributed by atoms with Crippen LogP contribution >= 0.6 is 11.3 Å². The molecule has 242 valence electrons. The Labute approximate surface area is 300 Å². The SMILES string of the molecule is C=C(/C=C\C=C/C)n1c2ccccc2c2ccc(-c3nc(-c4ccccc4)nc(-c4cccc(-c5cccc6c5sc5ccccc56)c4)n3)cc21. The second kappa shape index (κ2) is 12.8. The molecule has 0 unspecified atom stereocenters. The van der Waals surface area contributed by atoms with Gasteiger partial charge in [0.2, 0.25) is 0 Å². The number of hydrogen-bond acceptors (Lipinski definition) is 4. The lowest BCUT2D eigenvalue weighted by Gasteiger charge is -2.11. The third-order valence-corrected chi connectivity index (χ3v) is 10.5. The van der Waals surface area contributed by atoms with E-state index in [-0.39, 0.29) is 0 Å². The Morgan fingerprint density at radius 1 is 0.549 bits per heavy atom. The number of hydrogen-bond donors (Lipinski definition) is 0. The molecule has 0 aliphatic heterocycles. The van der Waals surface area contributed by atoms with Gasteiger partial charge in [0.15, 0.2) is 17.5 Å². The Balaban J connectivity index is 1.21. The Hall–Kier alpha value is -6.43. The van der Waals surface area contributed by atoms with E-state index < -0.39 is 0 Å². The standard InChI is InChI=1S/C46H32N4S/c1-3-4-6-15-30(2)50-40-24-11-9-20-36(40)37-27-26-34(29-41(37)50)46-48-44(31-16-7-5-8-17-31)47-45(49-46)33-19-13-18-32(28-33)35-22-14-23-39-38-21-10-12-25-42(38)51-43(35)39/h3-29H,2H2,1H3/b4-3-,15-6-. The summed E-state index contributed by atoms with van der Waals surface area (Å²) in [5, 5.41) is 4.89. The van der Waals surface area contributed by atoms with Crippen molar-refractivity contribution in [3.63, 3.8) is 0 Å². The van der Waals surface area contributed by atoms with Crippen LogP contribution in [0.2, 0.25) is 0 Å². The summed E-state index contributed by atoms with van der Waals surface area (Å²) in [5.74, 6) is 1.88. The minimum Gasteiger partial charge on any atom is -0.310 e. The molecule has 9 aromatic rings. The first-order valence-electron chi connectivity index (χ1n) is 17.0. The van der Waals surface area contributed by atoms with Crippen molar-refractivity contribution in [2.45, 2.75) is 6.92 Å². The second-order valence-corrected chi connectivity index (χ2v) is 13.5. The highest BCUT2D eigenvalue weighted by Gasteiger charge is 2.17. The van der Waals surface area contributed by atoms with Crippen LogP contribution in [0.25, 0.3) is 93.0 Å². The molecule has 0 fully saturated rings. The fourth-order valence-corrected chi connectivity index (χ4v) is 8.16. The van der Waals surface area contributed by atoms with E-state index in [1.54, 1.807) is 0 Å². The molecule has 0 aliphatic carbocycles. The molecule has 3 aromatic heterocycles. The summed E-state index contributed by atoms with van der Waals surface area (Å²) in [6.45, 7) is 6.45. The zero-order chi connectivity index (χ0) is 34.3. The molecule has 5 heteroatoms. The number of aromatic nitrogens is 4. The van der Waals surface area contributed by atoms with Crippen molar-refractivity contribution in [3.05, 3.63) is 170 Å². The van der Waals surface area contributed by atoms with E-state index in [9.17, 15) is 0 Å². The maximum atomic E-state index is 5.15. The summed E-state index contributed by atoms with van der Waals surface area (Å²) in [7, 11) is 0. The van der Waals surface area contributed by atoms with Crippen molar-refractivity contribution < 1.29 is 0 Å². The summed E-state index contributed by atoms with van der Waals surface area (Å²) in [5.41, 5.74) is 8.14. The maximum absolute atomic E-state index is 5.15. The van der Waals surface area contributed by atoms with Gasteiger partial charge in [-0.2, -0.15) is 0 Å². The lowest BCUT2D eigenvalue weighted by atomic mass is 10.0. The highest BCUT2D eigenvalue weighted by molar-refractivity contribution is 7.26. The summed E-state index contributed by atoms with van der Waals surface area (Å²) in [6.07, 6.45) is 8.09. The second-order valence-electron chi connectivity index (χ2n) is 12.5. The first-order valence-corrected chi connectivity index (χ1v) is 17.8. The van der Waals surface area contributed by atoms with E-state index in [1.807, 2.05) is 72.9 Å². The molecule has 0 aliphatic rings. The molecule has 6 aromatic carbocycles. The van der Waals surface area contributed by atoms with Gasteiger partial charge in [0.25, 0.3) is 0 Å². The Kier molecular flexibility index (Phi) is 7.68. The molecule has 0 radical (unpaired) electrons. The molecular formula is C46H32N4S. The lowest BCUT2D eigenvalue weighted by Crippen LogP contribution is -2.00. The first kappa shape index (κ1) is 30.6. The van der Waals surface area contributed by atoms with Gasteiger partial charge in [0.05, 0.1) is 11.0 Å². The monoisotopic (exact) mass is 672 g/mol. The van der Waals surface area contributed by atoms with Gasteiger partial charge in [-0.25, -0.2) is 15.0 Å². The van der Waals surface area contributed by atoms with Gasteiger partial charge in [0.1, 0.15) is 0 Å². The largest absolute Gasteiger partial charge is 0.310 e. The summed E-state index contributed by atoms with van der Waals surface area (Å²) < 4.78 is 4.79. The van der Waals surface area contributed by atoms with Crippen LogP contribution < -0.4 is 0 Å². The van der Waals surface area contributed by atoms with E-state index in [0.29, 0.717) is 17.5 Å². The predicted octanol–water partition coefficient (Wildman–Crippen LogP) is 12.6.